The molecule has 4 nitrogen and oxygen atoms in total. The Bertz CT molecular complexity index is 616. The number of anilines is 1. The first-order valence-electron chi connectivity index (χ1n) is 6.49. The minimum atomic E-state index is -0.126. The van der Waals surface area contributed by atoms with Gasteiger partial charge in [0.1, 0.15) is 0 Å². The van der Waals surface area contributed by atoms with Crippen molar-refractivity contribution in [3.63, 3.8) is 0 Å². The van der Waals surface area contributed by atoms with Crippen LogP contribution in [0.4, 0.5) is 5.95 Å². The Hall–Kier alpha value is -2.41. The molecule has 0 amide bonds. The summed E-state index contributed by atoms with van der Waals surface area (Å²) in [4.78, 5) is 7.97. The molecule has 0 saturated carbocycles. The first-order chi connectivity index (χ1) is 9.41. The van der Waals surface area contributed by atoms with Crippen LogP contribution in [0.2, 0.25) is 0 Å². The van der Waals surface area contributed by atoms with E-state index in [0.717, 1.165) is 16.7 Å². The Kier molecular flexibility index (Phi) is 3.71. The zero-order valence-corrected chi connectivity index (χ0v) is 12.0. The van der Waals surface area contributed by atoms with Crippen LogP contribution in [-0.4, -0.2) is 9.97 Å². The van der Waals surface area contributed by atoms with E-state index in [1.165, 1.54) is 0 Å². The first kappa shape index (κ1) is 14.0. The van der Waals surface area contributed by atoms with Crippen LogP contribution < -0.4 is 5.73 Å². The van der Waals surface area contributed by atoms with Crippen molar-refractivity contribution < 1.29 is 0 Å². The lowest BCUT2D eigenvalue weighted by atomic mass is 9.77. The van der Waals surface area contributed by atoms with Gasteiger partial charge in [0.25, 0.3) is 0 Å². The Morgan fingerprint density at radius 3 is 2.05 bits per heavy atom. The minimum absolute atomic E-state index is 0.0828. The molecule has 4 heteroatoms. The average Bonchev–Trinajstić information content (AvgIpc) is 2.40. The molecule has 0 spiro atoms. The minimum Gasteiger partial charge on any atom is -0.368 e. The fourth-order valence-corrected chi connectivity index (χ4v) is 2.12. The van der Waals surface area contributed by atoms with Gasteiger partial charge in [0, 0.05) is 18.0 Å². The molecule has 20 heavy (non-hydrogen) atoms. The number of rotatable bonds is 2. The second-order valence-corrected chi connectivity index (χ2v) is 5.88. The van der Waals surface area contributed by atoms with Crippen LogP contribution in [0.3, 0.4) is 0 Å². The monoisotopic (exact) mass is 266 g/mol. The summed E-state index contributed by atoms with van der Waals surface area (Å²) < 4.78 is 0. The van der Waals surface area contributed by atoms with Crippen molar-refractivity contribution in [3.05, 3.63) is 42.2 Å². The largest absolute Gasteiger partial charge is 0.368 e. The summed E-state index contributed by atoms with van der Waals surface area (Å²) in [5, 5.41) is 9.35. The quantitative estimate of drug-likeness (QED) is 0.904. The normalized spacial score (nSPS) is 12.7. The van der Waals surface area contributed by atoms with E-state index in [9.17, 15) is 5.26 Å². The van der Waals surface area contributed by atoms with E-state index in [-0.39, 0.29) is 17.3 Å². The highest BCUT2D eigenvalue weighted by atomic mass is 15.0. The number of nitriles is 1. The molecule has 0 aliphatic heterocycles. The highest BCUT2D eigenvalue weighted by Gasteiger charge is 2.25. The van der Waals surface area contributed by atoms with E-state index in [2.05, 4.69) is 36.8 Å². The molecule has 1 aromatic heterocycles. The molecule has 0 aliphatic carbocycles. The van der Waals surface area contributed by atoms with Crippen LogP contribution in [-0.2, 0) is 0 Å². The molecular weight excluding hydrogens is 248 g/mol. The summed E-state index contributed by atoms with van der Waals surface area (Å²) in [6.45, 7) is 6.22. The Morgan fingerprint density at radius 2 is 1.60 bits per heavy atom. The molecule has 2 aromatic rings. The van der Waals surface area contributed by atoms with Gasteiger partial charge in [-0.1, -0.05) is 45.0 Å². The third kappa shape index (κ3) is 2.94. The van der Waals surface area contributed by atoms with Crippen molar-refractivity contribution in [2.75, 3.05) is 5.73 Å². The molecule has 0 saturated heterocycles. The van der Waals surface area contributed by atoms with Gasteiger partial charge in [-0.15, -0.1) is 0 Å². The Labute approximate surface area is 119 Å². The lowest BCUT2D eigenvalue weighted by Gasteiger charge is -2.25. The van der Waals surface area contributed by atoms with Gasteiger partial charge in [-0.25, -0.2) is 9.97 Å². The molecule has 102 valence electrons. The molecule has 1 unspecified atom stereocenters. The topological polar surface area (TPSA) is 75.6 Å². The number of nitrogens with zero attached hydrogens (tertiary/aromatic N) is 3. The summed E-state index contributed by atoms with van der Waals surface area (Å²) >= 11 is 0. The van der Waals surface area contributed by atoms with E-state index in [1.807, 2.05) is 24.3 Å². The number of hydrogen-bond donors (Lipinski definition) is 1. The Morgan fingerprint density at radius 1 is 1.05 bits per heavy atom. The lowest BCUT2D eigenvalue weighted by Crippen LogP contribution is -2.16. The smallest absolute Gasteiger partial charge is 0.219 e. The van der Waals surface area contributed by atoms with Crippen molar-refractivity contribution in [1.82, 2.24) is 9.97 Å². The van der Waals surface area contributed by atoms with Crippen LogP contribution in [0.5, 0.6) is 0 Å². The van der Waals surface area contributed by atoms with Crippen LogP contribution in [0.15, 0.2) is 36.7 Å². The van der Waals surface area contributed by atoms with Gasteiger partial charge < -0.3 is 5.73 Å². The second-order valence-electron chi connectivity index (χ2n) is 5.88. The Balaban J connectivity index is 2.31. The second kappa shape index (κ2) is 5.30. The predicted molar refractivity (Wildman–Crippen MR) is 79.7 cm³/mol. The van der Waals surface area contributed by atoms with Crippen molar-refractivity contribution >= 4 is 5.95 Å². The van der Waals surface area contributed by atoms with E-state index in [0.29, 0.717) is 0 Å². The van der Waals surface area contributed by atoms with Gasteiger partial charge in [-0.3, -0.25) is 0 Å². The highest BCUT2D eigenvalue weighted by Crippen LogP contribution is 2.35. The summed E-state index contributed by atoms with van der Waals surface area (Å²) in [5.41, 5.74) is 8.35. The maximum Gasteiger partial charge on any atom is 0.219 e. The van der Waals surface area contributed by atoms with Gasteiger partial charge in [0.2, 0.25) is 5.95 Å². The first-order valence-corrected chi connectivity index (χ1v) is 6.49. The predicted octanol–water partition coefficient (Wildman–Crippen LogP) is 3.38. The number of benzene rings is 1. The van der Waals surface area contributed by atoms with Crippen LogP contribution >= 0.6 is 0 Å². The fourth-order valence-electron chi connectivity index (χ4n) is 2.12. The summed E-state index contributed by atoms with van der Waals surface area (Å²) in [5.74, 6) is 0.141. The lowest BCUT2D eigenvalue weighted by molar-refractivity contribution is 0.373. The van der Waals surface area contributed by atoms with Gasteiger partial charge in [-0.05, 0) is 16.5 Å². The fraction of sp³-hybridized carbons (Fsp3) is 0.312. The maximum atomic E-state index is 9.35. The molecule has 1 atom stereocenters. The number of nitrogens with two attached hydrogens (primary N) is 1. The van der Waals surface area contributed by atoms with E-state index in [4.69, 9.17) is 5.73 Å². The molecule has 0 bridgehead atoms. The summed E-state index contributed by atoms with van der Waals surface area (Å²) in [6, 6.07) is 10.3. The summed E-state index contributed by atoms with van der Waals surface area (Å²) in [6.07, 6.45) is 3.39. The van der Waals surface area contributed by atoms with E-state index < -0.39 is 0 Å². The van der Waals surface area contributed by atoms with E-state index >= 15 is 0 Å². The third-order valence-electron chi connectivity index (χ3n) is 3.24. The zero-order valence-electron chi connectivity index (χ0n) is 12.0. The molecular formula is C16H18N4. The van der Waals surface area contributed by atoms with Crippen LogP contribution in [0.1, 0.15) is 32.3 Å². The van der Waals surface area contributed by atoms with Gasteiger partial charge >= 0.3 is 0 Å². The molecule has 0 fully saturated rings. The van der Waals surface area contributed by atoms with Gasteiger partial charge in [0.15, 0.2) is 0 Å². The van der Waals surface area contributed by atoms with Crippen LogP contribution in [0.25, 0.3) is 11.1 Å². The van der Waals surface area contributed by atoms with Crippen LogP contribution in [0, 0.1) is 16.7 Å². The maximum absolute atomic E-state index is 9.35. The number of nitrogen functional groups attached to an aromatic ring is 1. The molecule has 1 heterocycles. The standard InChI is InChI=1S/C16H18N4/c1-16(2,3)14(8-17)12-6-4-11(5-7-12)13-9-19-15(18)20-10-13/h4-7,9-10,14H,1-3H3,(H2,18,19,20). The average molecular weight is 266 g/mol. The van der Waals surface area contributed by atoms with Crippen molar-refractivity contribution in [3.8, 4) is 17.2 Å². The number of aromatic nitrogens is 2. The molecule has 0 radical (unpaired) electrons. The van der Waals surface area contributed by atoms with Crippen molar-refractivity contribution in [2.45, 2.75) is 26.7 Å². The van der Waals surface area contributed by atoms with Crippen molar-refractivity contribution in [2.24, 2.45) is 5.41 Å². The van der Waals surface area contributed by atoms with Gasteiger partial charge in [-0.2, -0.15) is 5.26 Å². The summed E-state index contributed by atoms with van der Waals surface area (Å²) in [7, 11) is 0. The SMILES string of the molecule is CC(C)(C)C(C#N)c1ccc(-c2cnc(N)nc2)cc1. The molecule has 0 aliphatic rings. The number of hydrogen-bond acceptors (Lipinski definition) is 4. The molecule has 1 aromatic carbocycles. The third-order valence-corrected chi connectivity index (χ3v) is 3.24. The van der Waals surface area contributed by atoms with E-state index in [1.54, 1.807) is 12.4 Å². The highest BCUT2D eigenvalue weighted by molar-refractivity contribution is 5.62. The van der Waals surface area contributed by atoms with Gasteiger partial charge in [0.05, 0.1) is 12.0 Å². The molecule has 2 rings (SSSR count). The molecule has 2 N–H and O–H groups in total. The van der Waals surface area contributed by atoms with Crippen molar-refractivity contribution in [1.29, 1.82) is 5.26 Å². The zero-order chi connectivity index (χ0) is 14.8.